The van der Waals surface area contributed by atoms with Crippen LogP contribution in [0.1, 0.15) is 13.8 Å². The zero-order valence-electron chi connectivity index (χ0n) is 10.3. The van der Waals surface area contributed by atoms with Gasteiger partial charge in [0.25, 0.3) is 0 Å². The fourth-order valence-electron chi connectivity index (χ4n) is 1.17. The minimum atomic E-state index is -1.47. The van der Waals surface area contributed by atoms with E-state index in [-0.39, 0.29) is 12.4 Å². The number of carbonyl (C=O) groups is 2. The number of ether oxygens (including phenoxy) is 1. The minimum Gasteiger partial charge on any atom is -0.489 e. The zero-order valence-corrected chi connectivity index (χ0v) is 10.3. The van der Waals surface area contributed by atoms with Crippen molar-refractivity contribution in [1.29, 1.82) is 0 Å². The summed E-state index contributed by atoms with van der Waals surface area (Å²) in [5.41, 5.74) is 0. The topological polar surface area (TPSA) is 121 Å². The quantitative estimate of drug-likeness (QED) is 0.478. The zero-order chi connectivity index (χ0) is 14.4. The van der Waals surface area contributed by atoms with E-state index in [2.05, 4.69) is 19.6 Å². The molecule has 3 atom stereocenters. The minimum absolute atomic E-state index is 0.272. The first-order valence-electron chi connectivity index (χ1n) is 5.28. The van der Waals surface area contributed by atoms with Gasteiger partial charge in [-0.2, -0.15) is 4.89 Å². The summed E-state index contributed by atoms with van der Waals surface area (Å²) in [5, 5.41) is 19.3. The lowest BCUT2D eigenvalue weighted by Crippen LogP contribution is -2.45. The molecule has 0 aromatic rings. The molecule has 0 aromatic heterocycles. The Labute approximate surface area is 108 Å². The van der Waals surface area contributed by atoms with Gasteiger partial charge in [-0.15, -0.1) is 0 Å². The molecule has 1 rings (SSSR count). The van der Waals surface area contributed by atoms with Crippen molar-refractivity contribution in [3.63, 3.8) is 0 Å². The Morgan fingerprint density at radius 1 is 1.26 bits per heavy atom. The van der Waals surface area contributed by atoms with Gasteiger partial charge < -0.3 is 14.9 Å². The monoisotopic (exact) mass is 278 g/mol. The van der Waals surface area contributed by atoms with Crippen LogP contribution in [0.3, 0.4) is 0 Å². The molecule has 1 aliphatic heterocycles. The number of hydrogen-bond donors (Lipinski definition) is 2. The van der Waals surface area contributed by atoms with Crippen molar-refractivity contribution >= 4 is 11.9 Å². The molecule has 9 nitrogen and oxygen atoms in total. The summed E-state index contributed by atoms with van der Waals surface area (Å²) in [6.45, 7) is 1.94. The Bertz CT molecular complexity index is 364. The standard InChI is InChI=1S/C10H14O9/c1-5(11)17-16-4-7-9(13)10(14)8(3-15-7)19-18-6(2)12/h3,7,9-10,13-14H,4H2,1-2H3/t7-,9+,10-/m0/s1. The summed E-state index contributed by atoms with van der Waals surface area (Å²) in [6.07, 6.45) is -2.90. The van der Waals surface area contributed by atoms with Crippen molar-refractivity contribution in [1.82, 2.24) is 0 Å². The van der Waals surface area contributed by atoms with Gasteiger partial charge >= 0.3 is 11.9 Å². The molecule has 0 fully saturated rings. The predicted molar refractivity (Wildman–Crippen MR) is 55.5 cm³/mol. The highest BCUT2D eigenvalue weighted by Crippen LogP contribution is 2.20. The lowest BCUT2D eigenvalue weighted by Gasteiger charge is -2.29. The summed E-state index contributed by atoms with van der Waals surface area (Å²) < 4.78 is 4.98. The first kappa shape index (κ1) is 15.2. The lowest BCUT2D eigenvalue weighted by molar-refractivity contribution is -0.292. The highest BCUT2D eigenvalue weighted by atomic mass is 17.2. The molecule has 0 aromatic carbocycles. The molecule has 0 saturated heterocycles. The van der Waals surface area contributed by atoms with Gasteiger partial charge in [-0.1, -0.05) is 0 Å². The van der Waals surface area contributed by atoms with Crippen LogP contribution >= 0.6 is 0 Å². The second-order valence-corrected chi connectivity index (χ2v) is 3.65. The van der Waals surface area contributed by atoms with E-state index in [1.54, 1.807) is 0 Å². The molecule has 0 saturated carbocycles. The number of hydrogen-bond acceptors (Lipinski definition) is 9. The number of aliphatic hydroxyl groups is 2. The van der Waals surface area contributed by atoms with Crippen LogP contribution in [0.2, 0.25) is 0 Å². The molecule has 0 aliphatic carbocycles. The Kier molecular flexibility index (Phi) is 5.55. The second-order valence-electron chi connectivity index (χ2n) is 3.65. The summed E-state index contributed by atoms with van der Waals surface area (Å²) in [5.74, 6) is -1.67. The third-order valence-corrected chi connectivity index (χ3v) is 2.02. The maximum atomic E-state index is 10.5. The molecule has 0 spiro atoms. The van der Waals surface area contributed by atoms with Gasteiger partial charge in [0.2, 0.25) is 5.76 Å². The van der Waals surface area contributed by atoms with Crippen molar-refractivity contribution < 1.29 is 44.1 Å². The first-order valence-corrected chi connectivity index (χ1v) is 5.28. The molecular weight excluding hydrogens is 264 g/mol. The van der Waals surface area contributed by atoms with E-state index in [0.717, 1.165) is 20.1 Å². The third-order valence-electron chi connectivity index (χ3n) is 2.02. The van der Waals surface area contributed by atoms with Crippen LogP contribution in [-0.2, 0) is 33.9 Å². The highest BCUT2D eigenvalue weighted by Gasteiger charge is 2.37. The highest BCUT2D eigenvalue weighted by molar-refractivity contribution is 5.65. The molecule has 1 aliphatic rings. The fraction of sp³-hybridized carbons (Fsp3) is 0.600. The predicted octanol–water partition coefficient (Wildman–Crippen LogP) is -1.06. The molecule has 0 bridgehead atoms. The van der Waals surface area contributed by atoms with E-state index in [1.165, 1.54) is 0 Å². The smallest absolute Gasteiger partial charge is 0.352 e. The molecule has 108 valence electrons. The fourth-order valence-corrected chi connectivity index (χ4v) is 1.17. The van der Waals surface area contributed by atoms with E-state index >= 15 is 0 Å². The average molecular weight is 278 g/mol. The largest absolute Gasteiger partial charge is 0.489 e. The molecule has 19 heavy (non-hydrogen) atoms. The van der Waals surface area contributed by atoms with Gasteiger partial charge in [-0.3, -0.25) is 14.7 Å². The Balaban J connectivity index is 2.48. The van der Waals surface area contributed by atoms with Gasteiger partial charge in [0, 0.05) is 13.8 Å². The first-order chi connectivity index (χ1) is 8.91. The normalized spacial score (nSPS) is 25.9. The summed E-state index contributed by atoms with van der Waals surface area (Å²) >= 11 is 0. The van der Waals surface area contributed by atoms with Crippen LogP contribution in [0.5, 0.6) is 0 Å². The molecule has 2 N–H and O–H groups in total. The average Bonchev–Trinajstić information content (AvgIpc) is 2.33. The summed E-state index contributed by atoms with van der Waals surface area (Å²) in [4.78, 5) is 38.3. The molecule has 0 amide bonds. The van der Waals surface area contributed by atoms with Crippen LogP contribution < -0.4 is 0 Å². The third kappa shape index (κ3) is 4.73. The van der Waals surface area contributed by atoms with E-state index < -0.39 is 30.3 Å². The number of aliphatic hydroxyl groups excluding tert-OH is 2. The molecule has 0 radical (unpaired) electrons. The van der Waals surface area contributed by atoms with Gasteiger partial charge in [0.05, 0.1) is 0 Å². The van der Waals surface area contributed by atoms with E-state index in [9.17, 15) is 19.8 Å². The van der Waals surface area contributed by atoms with Crippen LogP contribution in [0.4, 0.5) is 0 Å². The van der Waals surface area contributed by atoms with E-state index in [1.807, 2.05) is 0 Å². The SMILES string of the molecule is CC(=O)OOC[C@@H]1OC=C(OOC(C)=O)[C@H](O)[C@@H]1O. The summed E-state index contributed by atoms with van der Waals surface area (Å²) in [7, 11) is 0. The van der Waals surface area contributed by atoms with Crippen molar-refractivity contribution in [3.8, 4) is 0 Å². The van der Waals surface area contributed by atoms with Crippen molar-refractivity contribution in [3.05, 3.63) is 12.0 Å². The summed E-state index contributed by atoms with van der Waals surface area (Å²) in [6, 6.07) is 0. The van der Waals surface area contributed by atoms with Gasteiger partial charge in [-0.05, 0) is 0 Å². The van der Waals surface area contributed by atoms with E-state index in [0.29, 0.717) is 0 Å². The Morgan fingerprint density at radius 3 is 2.47 bits per heavy atom. The van der Waals surface area contributed by atoms with Crippen LogP contribution in [0.15, 0.2) is 12.0 Å². The molecule has 9 heteroatoms. The van der Waals surface area contributed by atoms with Gasteiger partial charge in [0.15, 0.2) is 6.10 Å². The van der Waals surface area contributed by atoms with Crippen LogP contribution in [0.25, 0.3) is 0 Å². The van der Waals surface area contributed by atoms with Gasteiger partial charge in [-0.25, -0.2) is 9.59 Å². The number of rotatable bonds is 5. The van der Waals surface area contributed by atoms with Crippen molar-refractivity contribution in [2.45, 2.75) is 32.2 Å². The lowest BCUT2D eigenvalue weighted by atomic mass is 10.1. The van der Waals surface area contributed by atoms with Crippen LogP contribution in [0, 0.1) is 0 Å². The van der Waals surface area contributed by atoms with Crippen molar-refractivity contribution in [2.75, 3.05) is 6.61 Å². The van der Waals surface area contributed by atoms with Crippen molar-refractivity contribution in [2.24, 2.45) is 0 Å². The molecule has 1 heterocycles. The maximum Gasteiger partial charge on any atom is 0.352 e. The Morgan fingerprint density at radius 2 is 1.89 bits per heavy atom. The molecule has 0 unspecified atom stereocenters. The second kappa shape index (κ2) is 6.92. The molecular formula is C10H14O9. The Hall–Kier alpha value is -1.84. The van der Waals surface area contributed by atoms with Gasteiger partial charge in [0.1, 0.15) is 25.1 Å². The maximum absolute atomic E-state index is 10.5. The number of carbonyl (C=O) groups excluding carboxylic acids is 2. The van der Waals surface area contributed by atoms with E-state index in [4.69, 9.17) is 4.74 Å². The van der Waals surface area contributed by atoms with Crippen LogP contribution in [-0.4, -0.2) is 47.1 Å².